The number of pyridine rings is 1. The van der Waals surface area contributed by atoms with Crippen molar-refractivity contribution < 1.29 is 9.53 Å². The average Bonchev–Trinajstić information content (AvgIpc) is 3.28. The number of nitrogens with zero attached hydrogens (tertiary/aromatic N) is 4. The maximum Gasteiger partial charge on any atom is 0.261 e. The largest absolute Gasteiger partial charge is 0.497 e. The van der Waals surface area contributed by atoms with E-state index >= 15 is 0 Å². The molecule has 8 heteroatoms. The van der Waals surface area contributed by atoms with E-state index in [0.29, 0.717) is 23.2 Å². The van der Waals surface area contributed by atoms with Gasteiger partial charge < -0.3 is 19.5 Å². The maximum atomic E-state index is 12.8. The van der Waals surface area contributed by atoms with Crippen molar-refractivity contribution in [3.63, 3.8) is 0 Å². The van der Waals surface area contributed by atoms with Gasteiger partial charge in [-0.2, -0.15) is 5.10 Å². The van der Waals surface area contributed by atoms with E-state index in [2.05, 4.69) is 21.4 Å². The zero-order valence-corrected chi connectivity index (χ0v) is 20.0. The summed E-state index contributed by atoms with van der Waals surface area (Å²) in [7, 11) is 3.36. The SMILES string of the molecule is COc1ccc2c(c1)c1c(cnn1CC(=O)NCCCN1CCCC3CCCC=C31)c(=O)n2C. The fourth-order valence-electron chi connectivity index (χ4n) is 5.56. The number of hydrogen-bond acceptors (Lipinski definition) is 5. The number of benzene rings is 1. The Labute approximate surface area is 199 Å². The van der Waals surface area contributed by atoms with E-state index in [9.17, 15) is 9.59 Å². The van der Waals surface area contributed by atoms with Gasteiger partial charge in [0.1, 0.15) is 12.3 Å². The summed E-state index contributed by atoms with van der Waals surface area (Å²) in [5.41, 5.74) is 2.85. The van der Waals surface area contributed by atoms with Gasteiger partial charge in [-0.1, -0.05) is 6.08 Å². The highest BCUT2D eigenvalue weighted by Gasteiger charge is 2.26. The van der Waals surface area contributed by atoms with E-state index < -0.39 is 0 Å². The van der Waals surface area contributed by atoms with Crippen LogP contribution in [0.5, 0.6) is 5.75 Å². The third-order valence-electron chi connectivity index (χ3n) is 7.29. The van der Waals surface area contributed by atoms with Crippen LogP contribution in [0.4, 0.5) is 0 Å². The van der Waals surface area contributed by atoms with Gasteiger partial charge in [0.2, 0.25) is 5.91 Å². The fraction of sp³-hybridized carbons (Fsp3) is 0.500. The number of fused-ring (bicyclic) bond motifs is 4. The number of amides is 1. The van der Waals surface area contributed by atoms with E-state index in [0.717, 1.165) is 36.3 Å². The van der Waals surface area contributed by atoms with Crippen molar-refractivity contribution in [3.05, 3.63) is 46.5 Å². The fourth-order valence-corrected chi connectivity index (χ4v) is 5.56. The summed E-state index contributed by atoms with van der Waals surface area (Å²) in [4.78, 5) is 28.1. The topological polar surface area (TPSA) is 81.4 Å². The third kappa shape index (κ3) is 4.17. The molecule has 180 valence electrons. The first-order valence-electron chi connectivity index (χ1n) is 12.3. The van der Waals surface area contributed by atoms with Crippen molar-refractivity contribution in [2.24, 2.45) is 13.0 Å². The van der Waals surface area contributed by atoms with Gasteiger partial charge >= 0.3 is 0 Å². The maximum absolute atomic E-state index is 12.8. The van der Waals surface area contributed by atoms with Crippen LogP contribution in [0.2, 0.25) is 0 Å². The number of nitrogens with one attached hydrogen (secondary N) is 1. The molecule has 1 aliphatic heterocycles. The van der Waals surface area contributed by atoms with Crippen LogP contribution in [0.1, 0.15) is 38.5 Å². The second-order valence-electron chi connectivity index (χ2n) is 9.40. The number of hydrogen-bond donors (Lipinski definition) is 1. The quantitative estimate of drug-likeness (QED) is 0.545. The van der Waals surface area contributed by atoms with Gasteiger partial charge in [-0.05, 0) is 62.6 Å². The number of aryl methyl sites for hydroxylation is 1. The van der Waals surface area contributed by atoms with E-state index in [-0.39, 0.29) is 18.0 Å². The third-order valence-corrected chi connectivity index (χ3v) is 7.29. The van der Waals surface area contributed by atoms with Crippen LogP contribution in [0, 0.1) is 5.92 Å². The molecule has 1 N–H and O–H groups in total. The Bertz CT molecular complexity index is 1310. The molecule has 2 aliphatic rings. The molecule has 0 spiro atoms. The Morgan fingerprint density at radius 1 is 1.24 bits per heavy atom. The summed E-state index contributed by atoms with van der Waals surface area (Å²) < 4.78 is 8.61. The highest BCUT2D eigenvalue weighted by molar-refractivity contribution is 6.04. The Morgan fingerprint density at radius 3 is 2.94 bits per heavy atom. The molecule has 5 rings (SSSR count). The first-order valence-corrected chi connectivity index (χ1v) is 12.3. The molecule has 1 fully saturated rings. The van der Waals surface area contributed by atoms with Gasteiger partial charge in [-0.3, -0.25) is 14.3 Å². The molecule has 0 radical (unpaired) electrons. The average molecular weight is 464 g/mol. The minimum absolute atomic E-state index is 0.0694. The second kappa shape index (κ2) is 9.52. The second-order valence-corrected chi connectivity index (χ2v) is 9.40. The van der Waals surface area contributed by atoms with Gasteiger partial charge in [0.15, 0.2) is 0 Å². The molecule has 34 heavy (non-hydrogen) atoms. The molecule has 3 aromatic rings. The molecular weight excluding hydrogens is 430 g/mol. The lowest BCUT2D eigenvalue weighted by molar-refractivity contribution is -0.121. The van der Waals surface area contributed by atoms with E-state index in [1.54, 1.807) is 29.6 Å². The van der Waals surface area contributed by atoms with Crippen molar-refractivity contribution in [1.29, 1.82) is 0 Å². The van der Waals surface area contributed by atoms with Crippen LogP contribution < -0.4 is 15.6 Å². The molecule has 2 aromatic heterocycles. The predicted molar refractivity (Wildman–Crippen MR) is 133 cm³/mol. The van der Waals surface area contributed by atoms with Crippen molar-refractivity contribution in [1.82, 2.24) is 24.6 Å². The summed E-state index contributed by atoms with van der Waals surface area (Å²) in [6.07, 6.45) is 11.3. The molecule has 1 aliphatic carbocycles. The van der Waals surface area contributed by atoms with Gasteiger partial charge in [0, 0.05) is 37.8 Å². The number of allylic oxidation sites excluding steroid dienone is 2. The number of methoxy groups -OCH3 is 1. The van der Waals surface area contributed by atoms with Crippen molar-refractivity contribution >= 4 is 27.7 Å². The van der Waals surface area contributed by atoms with Crippen molar-refractivity contribution in [2.75, 3.05) is 26.7 Å². The van der Waals surface area contributed by atoms with Crippen LogP contribution in [-0.2, 0) is 18.4 Å². The van der Waals surface area contributed by atoms with Gasteiger partial charge in [-0.25, -0.2) is 0 Å². The Balaban J connectivity index is 1.26. The summed E-state index contributed by atoms with van der Waals surface area (Å²) in [6, 6.07) is 5.58. The Morgan fingerprint density at radius 2 is 2.09 bits per heavy atom. The molecule has 1 atom stereocenters. The highest BCUT2D eigenvalue weighted by atomic mass is 16.5. The van der Waals surface area contributed by atoms with Crippen LogP contribution >= 0.6 is 0 Å². The van der Waals surface area contributed by atoms with Gasteiger partial charge in [-0.15, -0.1) is 0 Å². The van der Waals surface area contributed by atoms with Crippen molar-refractivity contribution in [3.8, 4) is 5.75 Å². The normalized spacial score (nSPS) is 18.1. The first-order chi connectivity index (χ1) is 16.6. The lowest BCUT2D eigenvalue weighted by Crippen LogP contribution is -2.37. The minimum atomic E-state index is -0.129. The number of piperidine rings is 1. The molecule has 1 aromatic carbocycles. The Kier molecular flexibility index (Phi) is 6.30. The number of aromatic nitrogens is 3. The lowest BCUT2D eigenvalue weighted by atomic mass is 9.85. The lowest BCUT2D eigenvalue weighted by Gasteiger charge is -2.39. The number of ether oxygens (including phenoxy) is 1. The van der Waals surface area contributed by atoms with E-state index in [1.807, 2.05) is 18.2 Å². The molecule has 8 nitrogen and oxygen atoms in total. The molecule has 1 unspecified atom stereocenters. The van der Waals surface area contributed by atoms with Crippen molar-refractivity contribution in [2.45, 2.75) is 45.1 Å². The molecule has 3 heterocycles. The predicted octanol–water partition coefficient (Wildman–Crippen LogP) is 3.18. The van der Waals surface area contributed by atoms with E-state index in [4.69, 9.17) is 4.74 Å². The van der Waals surface area contributed by atoms with Crippen LogP contribution in [-0.4, -0.2) is 51.9 Å². The monoisotopic (exact) mass is 463 g/mol. The smallest absolute Gasteiger partial charge is 0.261 e. The molecule has 0 bridgehead atoms. The Hall–Kier alpha value is -3.29. The highest BCUT2D eigenvalue weighted by Crippen LogP contribution is 2.34. The standard InChI is InChI=1S/C26H33N5O3/c1-29-23-11-10-19(34-2)15-20(23)25-21(26(29)33)16-28-31(25)17-24(32)27-12-6-14-30-13-5-8-18-7-3-4-9-22(18)30/h9-11,15-16,18H,3-8,12-14,17H2,1-2H3,(H,27,32). The number of carbonyl (C=O) groups is 1. The first kappa shape index (κ1) is 22.5. The molecule has 0 saturated carbocycles. The molecular formula is C26H33N5O3. The van der Waals surface area contributed by atoms with Gasteiger partial charge in [0.25, 0.3) is 5.56 Å². The van der Waals surface area contributed by atoms with E-state index in [1.165, 1.54) is 37.8 Å². The number of rotatable bonds is 7. The van der Waals surface area contributed by atoms with Crippen LogP contribution in [0.15, 0.2) is 41.0 Å². The zero-order chi connectivity index (χ0) is 23.7. The number of carbonyl (C=O) groups excluding carboxylic acids is 1. The number of likely N-dealkylation sites (tertiary alicyclic amines) is 1. The van der Waals surface area contributed by atoms with Crippen LogP contribution in [0.25, 0.3) is 21.8 Å². The summed E-state index contributed by atoms with van der Waals surface area (Å²) in [5, 5.41) is 8.75. The van der Waals surface area contributed by atoms with Crippen LogP contribution in [0.3, 0.4) is 0 Å². The van der Waals surface area contributed by atoms with Gasteiger partial charge in [0.05, 0.1) is 29.7 Å². The molecule has 1 saturated heterocycles. The zero-order valence-electron chi connectivity index (χ0n) is 20.0. The summed E-state index contributed by atoms with van der Waals surface area (Å²) in [6.45, 7) is 2.80. The summed E-state index contributed by atoms with van der Waals surface area (Å²) in [5.74, 6) is 1.33. The molecule has 1 amide bonds. The minimum Gasteiger partial charge on any atom is -0.497 e. The summed E-state index contributed by atoms with van der Waals surface area (Å²) >= 11 is 0.